The predicted octanol–water partition coefficient (Wildman–Crippen LogP) is 5.49. The number of aromatic nitrogens is 3. The quantitative estimate of drug-likeness (QED) is 0.250. The molecule has 0 bridgehead atoms. The number of piperidine rings is 1. The highest BCUT2D eigenvalue weighted by Gasteiger charge is 2.27. The lowest BCUT2D eigenvalue weighted by Gasteiger charge is -2.34. The summed E-state index contributed by atoms with van der Waals surface area (Å²) in [7, 11) is 0. The van der Waals surface area contributed by atoms with Gasteiger partial charge in [-0.2, -0.15) is 4.98 Å². The summed E-state index contributed by atoms with van der Waals surface area (Å²) >= 11 is 0. The van der Waals surface area contributed by atoms with Crippen molar-refractivity contribution in [3.8, 4) is 22.4 Å². The number of benzene rings is 2. The number of hydroxylamine groups is 2. The van der Waals surface area contributed by atoms with Crippen molar-refractivity contribution in [3.05, 3.63) is 108 Å². The molecule has 4 aromatic rings. The number of aliphatic hydroxyl groups excluding tert-OH is 1. The fourth-order valence-corrected chi connectivity index (χ4v) is 6.97. The summed E-state index contributed by atoms with van der Waals surface area (Å²) in [5.74, 6) is 2.39. The van der Waals surface area contributed by atoms with Crippen molar-refractivity contribution in [2.24, 2.45) is 21.1 Å². The second-order valence-electron chi connectivity index (χ2n) is 13.1. The zero-order valence-electron chi connectivity index (χ0n) is 27.9. The molecule has 2 aromatic heterocycles. The Balaban J connectivity index is 0.971. The van der Waals surface area contributed by atoms with E-state index in [2.05, 4.69) is 79.5 Å². The number of hydrogen-bond acceptors (Lipinski definition) is 12. The van der Waals surface area contributed by atoms with E-state index in [1.807, 2.05) is 12.3 Å². The number of piperazine rings is 1. The average Bonchev–Trinajstić information content (AvgIpc) is 3.66. The van der Waals surface area contributed by atoms with Gasteiger partial charge in [0.1, 0.15) is 0 Å². The van der Waals surface area contributed by atoms with E-state index in [1.165, 1.54) is 5.56 Å². The molecule has 8 rings (SSSR count). The SMILES string of the molecule is OCCN1CCN(c2ncc3cc(-c4ccccc4)c(-c4ccc(CN5CCC(C6=NC(=C7C=CN(O)C=C7)N=N6)CC5)cc4)nc3n2)CC1. The van der Waals surface area contributed by atoms with E-state index in [0.717, 1.165) is 103 Å². The van der Waals surface area contributed by atoms with E-state index in [1.54, 1.807) is 24.6 Å². The van der Waals surface area contributed by atoms with Crippen LogP contribution in [0.1, 0.15) is 18.4 Å². The van der Waals surface area contributed by atoms with Gasteiger partial charge >= 0.3 is 0 Å². The number of aliphatic imine (C=N–C) groups is 1. The van der Waals surface area contributed by atoms with Gasteiger partial charge in [-0.15, -0.1) is 10.2 Å². The molecule has 6 heterocycles. The van der Waals surface area contributed by atoms with Gasteiger partial charge in [0.05, 0.1) is 12.3 Å². The summed E-state index contributed by atoms with van der Waals surface area (Å²) in [6.07, 6.45) is 10.5. The average molecular weight is 669 g/mol. The van der Waals surface area contributed by atoms with Gasteiger partial charge in [0.2, 0.25) is 5.95 Å². The first-order chi connectivity index (χ1) is 24.6. The van der Waals surface area contributed by atoms with E-state index in [4.69, 9.17) is 19.9 Å². The third-order valence-corrected chi connectivity index (χ3v) is 9.84. The van der Waals surface area contributed by atoms with Crippen molar-refractivity contribution in [1.29, 1.82) is 0 Å². The van der Waals surface area contributed by atoms with E-state index >= 15 is 0 Å². The maximum atomic E-state index is 9.50. The highest BCUT2D eigenvalue weighted by Crippen LogP contribution is 2.34. The third-order valence-electron chi connectivity index (χ3n) is 9.84. The van der Waals surface area contributed by atoms with Crippen LogP contribution in [0.5, 0.6) is 0 Å². The molecule has 254 valence electrons. The van der Waals surface area contributed by atoms with Crippen LogP contribution in [0.25, 0.3) is 33.4 Å². The lowest BCUT2D eigenvalue weighted by molar-refractivity contribution is 0.0105. The number of pyridine rings is 1. The Morgan fingerprint density at radius 2 is 1.54 bits per heavy atom. The second kappa shape index (κ2) is 14.4. The minimum absolute atomic E-state index is 0.177. The summed E-state index contributed by atoms with van der Waals surface area (Å²) in [6, 6.07) is 21.3. The highest BCUT2D eigenvalue weighted by atomic mass is 16.5. The zero-order chi connectivity index (χ0) is 33.9. The van der Waals surface area contributed by atoms with Crippen LogP contribution < -0.4 is 4.90 Å². The first kappa shape index (κ1) is 32.1. The predicted molar refractivity (Wildman–Crippen MR) is 193 cm³/mol. The number of hydrogen-bond donors (Lipinski definition) is 2. The van der Waals surface area contributed by atoms with Crippen LogP contribution in [-0.2, 0) is 6.54 Å². The van der Waals surface area contributed by atoms with Gasteiger partial charge in [0, 0.05) is 85.9 Å². The van der Waals surface area contributed by atoms with Gasteiger partial charge in [0.15, 0.2) is 17.3 Å². The Morgan fingerprint density at radius 3 is 2.28 bits per heavy atom. The number of likely N-dealkylation sites (tertiary alicyclic amines) is 1. The smallest absolute Gasteiger partial charge is 0.227 e. The van der Waals surface area contributed by atoms with E-state index in [0.29, 0.717) is 24.0 Å². The van der Waals surface area contributed by atoms with Crippen LogP contribution in [0.15, 0.2) is 118 Å². The maximum absolute atomic E-state index is 9.50. The standard InChI is InChI=1S/C38H40N10O2/c49-23-22-45-18-20-47(21-19-45)38-39-25-32-24-33(28-4-2-1-3-5-28)34(40-35(32)42-38)29-8-6-27(7-9-29)26-46-14-10-30(11-15-46)36-41-37(44-43-36)31-12-16-48(50)17-13-31/h1-9,12-13,16-17,24-25,30,49-50H,10-11,14-15,18-23,26H2. The van der Waals surface area contributed by atoms with Crippen molar-refractivity contribution < 1.29 is 10.3 Å². The Hall–Kier alpha value is -5.14. The number of allylic oxidation sites excluding steroid dienone is 3. The summed E-state index contributed by atoms with van der Waals surface area (Å²) in [5, 5.41) is 29.4. The molecule has 4 aliphatic rings. The number of β-amino-alcohol motifs (C(OH)–C–C–N with tert-alkyl or cyclic N) is 1. The molecule has 2 fully saturated rings. The molecule has 0 atom stereocenters. The Labute approximate surface area is 291 Å². The van der Waals surface area contributed by atoms with E-state index in [-0.39, 0.29) is 12.5 Å². The van der Waals surface area contributed by atoms with E-state index in [9.17, 15) is 10.3 Å². The number of aliphatic hydroxyl groups is 1. The normalized spacial score (nSPS) is 18.9. The molecule has 0 unspecified atom stereocenters. The van der Waals surface area contributed by atoms with Crippen LogP contribution in [0.4, 0.5) is 5.95 Å². The summed E-state index contributed by atoms with van der Waals surface area (Å²) < 4.78 is 0. The molecule has 0 amide bonds. The van der Waals surface area contributed by atoms with Gasteiger partial charge in [-0.05, 0) is 55.3 Å². The zero-order valence-corrected chi connectivity index (χ0v) is 27.9. The lowest BCUT2D eigenvalue weighted by Crippen LogP contribution is -2.47. The minimum atomic E-state index is 0.177. The second-order valence-corrected chi connectivity index (χ2v) is 13.1. The number of azo groups is 1. The Bertz CT molecular complexity index is 1980. The molecule has 2 N–H and O–H groups in total. The van der Waals surface area contributed by atoms with Gasteiger partial charge < -0.3 is 10.0 Å². The highest BCUT2D eigenvalue weighted by molar-refractivity contribution is 5.90. The van der Waals surface area contributed by atoms with Crippen LogP contribution in [0, 0.1) is 5.92 Å². The third kappa shape index (κ3) is 6.96. The molecule has 0 aliphatic carbocycles. The number of nitrogens with zero attached hydrogens (tertiary/aromatic N) is 10. The number of amidine groups is 1. The lowest BCUT2D eigenvalue weighted by atomic mass is 9.95. The molecule has 2 saturated heterocycles. The summed E-state index contributed by atoms with van der Waals surface area (Å²) in [4.78, 5) is 26.5. The minimum Gasteiger partial charge on any atom is -0.395 e. The first-order valence-electron chi connectivity index (χ1n) is 17.3. The number of rotatable bonds is 8. The van der Waals surface area contributed by atoms with Crippen LogP contribution >= 0.6 is 0 Å². The molecule has 0 saturated carbocycles. The Morgan fingerprint density at radius 1 is 0.780 bits per heavy atom. The van der Waals surface area contributed by atoms with Crippen molar-refractivity contribution in [3.63, 3.8) is 0 Å². The number of fused-ring (bicyclic) bond motifs is 1. The maximum Gasteiger partial charge on any atom is 0.227 e. The van der Waals surface area contributed by atoms with Crippen LogP contribution in [0.2, 0.25) is 0 Å². The topological polar surface area (TPSA) is 129 Å². The molecule has 12 heteroatoms. The van der Waals surface area contributed by atoms with Crippen LogP contribution in [0.3, 0.4) is 0 Å². The van der Waals surface area contributed by atoms with Crippen molar-refractivity contribution in [2.45, 2.75) is 19.4 Å². The summed E-state index contributed by atoms with van der Waals surface area (Å²) in [6.45, 7) is 7.08. The molecule has 50 heavy (non-hydrogen) atoms. The van der Waals surface area contributed by atoms with Gasteiger partial charge in [-0.25, -0.2) is 20.0 Å². The molecule has 4 aliphatic heterocycles. The van der Waals surface area contributed by atoms with Crippen molar-refractivity contribution in [1.82, 2.24) is 29.8 Å². The van der Waals surface area contributed by atoms with Gasteiger partial charge in [-0.1, -0.05) is 54.6 Å². The largest absolute Gasteiger partial charge is 0.395 e. The molecule has 2 aromatic carbocycles. The van der Waals surface area contributed by atoms with Gasteiger partial charge in [-0.3, -0.25) is 15.0 Å². The molecule has 0 radical (unpaired) electrons. The van der Waals surface area contributed by atoms with Crippen LogP contribution in [-0.4, -0.2) is 98.4 Å². The fourth-order valence-electron chi connectivity index (χ4n) is 6.97. The first-order valence-corrected chi connectivity index (χ1v) is 17.3. The molecule has 0 spiro atoms. The molecular weight excluding hydrogens is 628 g/mol. The van der Waals surface area contributed by atoms with E-state index < -0.39 is 0 Å². The monoisotopic (exact) mass is 668 g/mol. The molecular formula is C38H40N10O2. The number of anilines is 1. The van der Waals surface area contributed by atoms with Crippen molar-refractivity contribution in [2.75, 3.05) is 57.3 Å². The fraction of sp³-hybridized carbons (Fsp3) is 0.316. The molecule has 12 nitrogen and oxygen atoms in total. The Kier molecular flexibility index (Phi) is 9.23. The summed E-state index contributed by atoms with van der Waals surface area (Å²) in [5.41, 5.74) is 6.90. The van der Waals surface area contributed by atoms with Gasteiger partial charge in [0.25, 0.3) is 0 Å². The van der Waals surface area contributed by atoms with Crippen molar-refractivity contribution >= 4 is 22.8 Å².